The fourth-order valence-electron chi connectivity index (χ4n) is 1.95. The lowest BCUT2D eigenvalue weighted by Crippen LogP contribution is -2.30. The fourth-order valence-corrected chi connectivity index (χ4v) is 3.09. The second-order valence-corrected chi connectivity index (χ2v) is 6.50. The Balaban J connectivity index is 1.68. The van der Waals surface area contributed by atoms with Gasteiger partial charge in [0, 0.05) is 24.1 Å². The van der Waals surface area contributed by atoms with E-state index >= 15 is 0 Å². The van der Waals surface area contributed by atoms with Gasteiger partial charge in [0.15, 0.2) is 5.11 Å². The predicted octanol–water partition coefficient (Wildman–Crippen LogP) is 4.49. The van der Waals surface area contributed by atoms with Crippen LogP contribution in [-0.2, 0) is 5.75 Å². The number of anilines is 1. The van der Waals surface area contributed by atoms with E-state index in [-0.39, 0.29) is 5.69 Å². The molecule has 0 atom stereocenters. The Bertz CT molecular complexity index is 677. The summed E-state index contributed by atoms with van der Waals surface area (Å²) in [6, 6.07) is 11.6. The topological polar surface area (TPSA) is 24.1 Å². The number of aryl methyl sites for hydroxylation is 1. The van der Waals surface area contributed by atoms with Crippen LogP contribution < -0.4 is 10.6 Å². The molecular formula is C17H18F2N2S2. The molecule has 0 spiro atoms. The first-order valence-corrected chi connectivity index (χ1v) is 8.74. The highest BCUT2D eigenvalue weighted by Crippen LogP contribution is 2.16. The van der Waals surface area contributed by atoms with E-state index in [1.807, 2.05) is 12.1 Å². The van der Waals surface area contributed by atoms with Crippen molar-refractivity contribution < 1.29 is 8.78 Å². The van der Waals surface area contributed by atoms with Gasteiger partial charge in [-0.3, -0.25) is 0 Å². The number of thioether (sulfide) groups is 1. The van der Waals surface area contributed by atoms with Crippen LogP contribution >= 0.6 is 24.0 Å². The summed E-state index contributed by atoms with van der Waals surface area (Å²) in [6.07, 6.45) is 0. The number of benzene rings is 2. The molecule has 0 aliphatic heterocycles. The van der Waals surface area contributed by atoms with E-state index in [4.69, 9.17) is 12.2 Å². The molecule has 0 saturated heterocycles. The summed E-state index contributed by atoms with van der Waals surface area (Å²) >= 11 is 6.90. The summed E-state index contributed by atoms with van der Waals surface area (Å²) in [5.74, 6) is 0.547. The van der Waals surface area contributed by atoms with Crippen molar-refractivity contribution in [2.75, 3.05) is 17.6 Å². The highest BCUT2D eigenvalue weighted by atomic mass is 32.2. The van der Waals surface area contributed by atoms with Crippen LogP contribution in [0.2, 0.25) is 0 Å². The van der Waals surface area contributed by atoms with E-state index < -0.39 is 11.6 Å². The molecule has 2 nitrogen and oxygen atoms in total. The van der Waals surface area contributed by atoms with Crippen LogP contribution in [0.25, 0.3) is 0 Å². The molecule has 2 N–H and O–H groups in total. The molecular weight excluding hydrogens is 334 g/mol. The minimum absolute atomic E-state index is 0.163. The van der Waals surface area contributed by atoms with Gasteiger partial charge in [-0.15, -0.1) is 0 Å². The van der Waals surface area contributed by atoms with Crippen molar-refractivity contribution in [3.05, 3.63) is 65.2 Å². The summed E-state index contributed by atoms with van der Waals surface area (Å²) < 4.78 is 26.3. The summed E-state index contributed by atoms with van der Waals surface area (Å²) in [6.45, 7) is 2.77. The van der Waals surface area contributed by atoms with Crippen LogP contribution in [-0.4, -0.2) is 17.4 Å². The van der Waals surface area contributed by atoms with Crippen LogP contribution in [0.1, 0.15) is 11.1 Å². The molecule has 0 unspecified atom stereocenters. The number of hydrogen-bond acceptors (Lipinski definition) is 2. The van der Waals surface area contributed by atoms with Crippen molar-refractivity contribution in [2.45, 2.75) is 12.7 Å². The molecule has 0 heterocycles. The number of nitrogens with one attached hydrogen (secondary N) is 2. The fraction of sp³-hybridized carbons (Fsp3) is 0.235. The van der Waals surface area contributed by atoms with E-state index in [9.17, 15) is 8.78 Å². The first-order valence-electron chi connectivity index (χ1n) is 7.18. The van der Waals surface area contributed by atoms with Crippen molar-refractivity contribution in [3.63, 3.8) is 0 Å². The van der Waals surface area contributed by atoms with Gasteiger partial charge < -0.3 is 10.6 Å². The van der Waals surface area contributed by atoms with Crippen LogP contribution in [0.15, 0.2) is 42.5 Å². The summed E-state index contributed by atoms with van der Waals surface area (Å²) in [5.41, 5.74) is 2.78. The average molecular weight is 352 g/mol. The van der Waals surface area contributed by atoms with Crippen molar-refractivity contribution in [1.29, 1.82) is 0 Å². The molecule has 0 bridgehead atoms. The lowest BCUT2D eigenvalue weighted by Gasteiger charge is -2.11. The van der Waals surface area contributed by atoms with E-state index in [0.29, 0.717) is 11.7 Å². The second kappa shape index (κ2) is 8.84. The largest absolute Gasteiger partial charge is 0.362 e. The van der Waals surface area contributed by atoms with Gasteiger partial charge in [0.05, 0.1) is 5.69 Å². The van der Waals surface area contributed by atoms with Crippen LogP contribution in [0, 0.1) is 18.6 Å². The third kappa shape index (κ3) is 5.80. The molecule has 0 saturated carbocycles. The number of rotatable bonds is 6. The Kier molecular flexibility index (Phi) is 6.80. The highest BCUT2D eigenvalue weighted by Gasteiger charge is 2.05. The zero-order valence-corrected chi connectivity index (χ0v) is 14.4. The standard InChI is InChI=1S/C17H18F2N2S2/c1-12-4-2-3-5-13(12)11-23-9-8-20-17(22)21-16-7-6-14(18)10-15(16)19/h2-7,10H,8-9,11H2,1H3,(H2,20,21,22). The summed E-state index contributed by atoms with van der Waals surface area (Å²) in [7, 11) is 0. The van der Waals surface area contributed by atoms with Gasteiger partial charge in [-0.2, -0.15) is 11.8 Å². The molecule has 0 aromatic heterocycles. The molecule has 2 aromatic rings. The lowest BCUT2D eigenvalue weighted by molar-refractivity contribution is 0.586. The number of thiocarbonyl (C=S) groups is 1. The van der Waals surface area contributed by atoms with E-state index in [1.165, 1.54) is 23.3 Å². The lowest BCUT2D eigenvalue weighted by atomic mass is 10.1. The van der Waals surface area contributed by atoms with Gasteiger partial charge in [0.1, 0.15) is 11.6 Å². The second-order valence-electron chi connectivity index (χ2n) is 4.98. The number of hydrogen-bond donors (Lipinski definition) is 2. The van der Waals surface area contributed by atoms with Crippen molar-refractivity contribution in [3.8, 4) is 0 Å². The normalized spacial score (nSPS) is 10.4. The predicted molar refractivity (Wildman–Crippen MR) is 97.9 cm³/mol. The smallest absolute Gasteiger partial charge is 0.170 e. The molecule has 0 aliphatic carbocycles. The van der Waals surface area contributed by atoms with Crippen LogP contribution in [0.5, 0.6) is 0 Å². The molecule has 2 rings (SSSR count). The first kappa shape index (κ1) is 17.7. The van der Waals surface area contributed by atoms with E-state index in [1.54, 1.807) is 11.8 Å². The summed E-state index contributed by atoms with van der Waals surface area (Å²) in [4.78, 5) is 0. The maximum absolute atomic E-state index is 13.5. The number of halogens is 2. The molecule has 0 fully saturated rings. The SMILES string of the molecule is Cc1ccccc1CSCCNC(=S)Nc1ccc(F)cc1F. The average Bonchev–Trinajstić information content (AvgIpc) is 2.51. The van der Waals surface area contributed by atoms with Crippen LogP contribution in [0.3, 0.4) is 0 Å². The minimum atomic E-state index is -0.664. The Hall–Kier alpha value is -1.66. The molecule has 2 aromatic carbocycles. The van der Waals surface area contributed by atoms with Crippen molar-refractivity contribution >= 4 is 34.8 Å². The first-order chi connectivity index (χ1) is 11.1. The summed E-state index contributed by atoms with van der Waals surface area (Å²) in [5, 5.41) is 6.06. The molecule has 0 radical (unpaired) electrons. The third-order valence-electron chi connectivity index (χ3n) is 3.23. The molecule has 0 amide bonds. The highest BCUT2D eigenvalue weighted by molar-refractivity contribution is 7.98. The minimum Gasteiger partial charge on any atom is -0.362 e. The molecule has 6 heteroatoms. The van der Waals surface area contributed by atoms with Crippen LogP contribution in [0.4, 0.5) is 14.5 Å². The Morgan fingerprint density at radius 3 is 2.70 bits per heavy atom. The zero-order chi connectivity index (χ0) is 16.7. The third-order valence-corrected chi connectivity index (χ3v) is 4.48. The van der Waals surface area contributed by atoms with E-state index in [0.717, 1.165) is 17.6 Å². The Morgan fingerprint density at radius 2 is 1.96 bits per heavy atom. The monoisotopic (exact) mass is 352 g/mol. The molecule has 0 aliphatic rings. The molecule has 23 heavy (non-hydrogen) atoms. The Labute approximate surface area is 144 Å². The van der Waals surface area contributed by atoms with Gasteiger partial charge in [-0.1, -0.05) is 24.3 Å². The maximum atomic E-state index is 13.5. The van der Waals surface area contributed by atoms with Gasteiger partial charge in [0.25, 0.3) is 0 Å². The van der Waals surface area contributed by atoms with Gasteiger partial charge in [-0.25, -0.2) is 8.78 Å². The maximum Gasteiger partial charge on any atom is 0.170 e. The zero-order valence-electron chi connectivity index (χ0n) is 12.7. The van der Waals surface area contributed by atoms with Gasteiger partial charge in [-0.05, 0) is 42.4 Å². The quantitative estimate of drug-likeness (QED) is 0.591. The molecule has 122 valence electrons. The van der Waals surface area contributed by atoms with Gasteiger partial charge in [0.2, 0.25) is 0 Å². The van der Waals surface area contributed by atoms with E-state index in [2.05, 4.69) is 29.7 Å². The van der Waals surface area contributed by atoms with Crippen molar-refractivity contribution in [1.82, 2.24) is 5.32 Å². The van der Waals surface area contributed by atoms with Gasteiger partial charge >= 0.3 is 0 Å². The Morgan fingerprint density at radius 1 is 1.17 bits per heavy atom. The van der Waals surface area contributed by atoms with Crippen molar-refractivity contribution in [2.24, 2.45) is 0 Å².